The van der Waals surface area contributed by atoms with Crippen molar-refractivity contribution in [2.75, 3.05) is 0 Å². The van der Waals surface area contributed by atoms with Gasteiger partial charge in [-0.05, 0) is 23.3 Å². The zero-order valence-electron chi connectivity index (χ0n) is 16.7. The van der Waals surface area contributed by atoms with E-state index in [-0.39, 0.29) is 24.6 Å². The molecule has 0 aliphatic heterocycles. The minimum Gasteiger partial charge on any atom is -0.391 e. The average molecular weight is 434 g/mol. The standard InChI is InChI=1S/C22H18N4O6/c27-25(28)21-7-3-1-5-19(21)13-23-31-15-17-9-11-18(12-10-17)16-32-24-14-20-6-2-4-8-22(20)26(29)30/h1-14H,15-16H2/b23-13+,24-14+. The van der Waals surface area contributed by atoms with E-state index in [4.69, 9.17) is 9.68 Å². The molecule has 0 aliphatic carbocycles. The molecule has 32 heavy (non-hydrogen) atoms. The maximum absolute atomic E-state index is 11.0. The number of para-hydroxylation sites is 2. The lowest BCUT2D eigenvalue weighted by molar-refractivity contribution is -0.385. The van der Waals surface area contributed by atoms with Crippen LogP contribution in [-0.4, -0.2) is 22.3 Å². The fraction of sp³-hybridized carbons (Fsp3) is 0.0909. The van der Waals surface area contributed by atoms with Crippen LogP contribution in [-0.2, 0) is 22.9 Å². The number of rotatable bonds is 10. The highest BCUT2D eigenvalue weighted by molar-refractivity contribution is 5.85. The van der Waals surface area contributed by atoms with E-state index < -0.39 is 9.85 Å². The lowest BCUT2D eigenvalue weighted by Gasteiger charge is -2.03. The van der Waals surface area contributed by atoms with Crippen LogP contribution in [0, 0.1) is 20.2 Å². The van der Waals surface area contributed by atoms with Crippen molar-refractivity contribution in [1.29, 1.82) is 0 Å². The van der Waals surface area contributed by atoms with Gasteiger partial charge in [0.15, 0.2) is 0 Å². The Morgan fingerprint density at radius 2 is 1.03 bits per heavy atom. The fourth-order valence-corrected chi connectivity index (χ4v) is 2.67. The van der Waals surface area contributed by atoms with Gasteiger partial charge >= 0.3 is 0 Å². The third-order valence-corrected chi connectivity index (χ3v) is 4.28. The molecule has 3 aromatic rings. The molecule has 0 N–H and O–H groups in total. The summed E-state index contributed by atoms with van der Waals surface area (Å²) in [6.07, 6.45) is 2.60. The van der Waals surface area contributed by atoms with Crippen molar-refractivity contribution in [2.45, 2.75) is 13.2 Å². The first kappa shape index (κ1) is 22.1. The number of benzene rings is 3. The van der Waals surface area contributed by atoms with Gasteiger partial charge in [-0.3, -0.25) is 20.2 Å². The first-order valence-electron chi connectivity index (χ1n) is 9.40. The maximum Gasteiger partial charge on any atom is 0.278 e. The molecule has 0 radical (unpaired) electrons. The van der Waals surface area contributed by atoms with E-state index in [1.54, 1.807) is 36.4 Å². The van der Waals surface area contributed by atoms with Crippen LogP contribution >= 0.6 is 0 Å². The van der Waals surface area contributed by atoms with Crippen molar-refractivity contribution in [3.8, 4) is 0 Å². The minimum atomic E-state index is -0.479. The van der Waals surface area contributed by atoms with E-state index in [1.807, 2.05) is 24.3 Å². The molecule has 0 fully saturated rings. The summed E-state index contributed by atoms with van der Waals surface area (Å²) in [7, 11) is 0. The molecule has 0 heterocycles. The quantitative estimate of drug-likeness (QED) is 0.260. The summed E-state index contributed by atoms with van der Waals surface area (Å²) >= 11 is 0. The summed E-state index contributed by atoms with van der Waals surface area (Å²) in [5.74, 6) is 0. The van der Waals surface area contributed by atoms with Crippen molar-refractivity contribution >= 4 is 23.8 Å². The molecule has 0 spiro atoms. The highest BCUT2D eigenvalue weighted by Crippen LogP contribution is 2.16. The smallest absolute Gasteiger partial charge is 0.278 e. The van der Waals surface area contributed by atoms with Crippen molar-refractivity contribution in [3.05, 3.63) is 115 Å². The molecule has 0 saturated heterocycles. The van der Waals surface area contributed by atoms with Crippen molar-refractivity contribution in [1.82, 2.24) is 0 Å². The molecule has 162 valence electrons. The summed E-state index contributed by atoms with van der Waals surface area (Å²) in [4.78, 5) is 31.4. The zero-order valence-corrected chi connectivity index (χ0v) is 16.7. The molecule has 0 aliphatic rings. The van der Waals surface area contributed by atoms with Gasteiger partial charge in [0.2, 0.25) is 0 Å². The molecule has 0 amide bonds. The summed E-state index contributed by atoms with van der Waals surface area (Å²) in [5.41, 5.74) is 2.30. The Morgan fingerprint density at radius 1 is 0.656 bits per heavy atom. The molecule has 10 nitrogen and oxygen atoms in total. The van der Waals surface area contributed by atoms with Crippen LogP contribution in [0.5, 0.6) is 0 Å². The molecule has 0 aromatic heterocycles. The van der Waals surface area contributed by atoms with Crippen molar-refractivity contribution in [3.63, 3.8) is 0 Å². The second-order valence-corrected chi connectivity index (χ2v) is 6.46. The predicted octanol–water partition coefficient (Wildman–Crippen LogP) is 4.60. The second kappa shape index (κ2) is 11.0. The Labute approximate surface area is 182 Å². The van der Waals surface area contributed by atoms with E-state index in [2.05, 4.69) is 10.3 Å². The van der Waals surface area contributed by atoms with Crippen LogP contribution in [0.1, 0.15) is 22.3 Å². The van der Waals surface area contributed by atoms with Gasteiger partial charge in [-0.25, -0.2) is 0 Å². The molecule has 3 rings (SSSR count). The van der Waals surface area contributed by atoms with E-state index in [1.165, 1.54) is 24.6 Å². The number of oxime groups is 2. The number of nitro benzene ring substituents is 2. The molecular weight excluding hydrogens is 416 g/mol. The molecular formula is C22H18N4O6. The van der Waals surface area contributed by atoms with Gasteiger partial charge in [0.25, 0.3) is 11.4 Å². The van der Waals surface area contributed by atoms with E-state index in [9.17, 15) is 20.2 Å². The molecule has 0 bridgehead atoms. The number of nitro groups is 2. The molecule has 10 heteroatoms. The third-order valence-electron chi connectivity index (χ3n) is 4.28. The third kappa shape index (κ3) is 6.20. The van der Waals surface area contributed by atoms with Crippen LogP contribution < -0.4 is 0 Å². The topological polar surface area (TPSA) is 129 Å². The van der Waals surface area contributed by atoms with Crippen LogP contribution in [0.2, 0.25) is 0 Å². The highest BCUT2D eigenvalue weighted by atomic mass is 16.6. The zero-order chi connectivity index (χ0) is 22.8. The van der Waals surface area contributed by atoms with Gasteiger partial charge in [-0.2, -0.15) is 0 Å². The molecule has 0 atom stereocenters. The first-order chi connectivity index (χ1) is 15.5. The summed E-state index contributed by atoms with van der Waals surface area (Å²) < 4.78 is 0. The molecule has 0 unspecified atom stereocenters. The Balaban J connectivity index is 1.48. The van der Waals surface area contributed by atoms with Crippen molar-refractivity contribution in [2.24, 2.45) is 10.3 Å². The number of hydrogen-bond acceptors (Lipinski definition) is 8. The van der Waals surface area contributed by atoms with Crippen LogP contribution in [0.4, 0.5) is 11.4 Å². The molecule has 0 saturated carbocycles. The van der Waals surface area contributed by atoms with Gasteiger partial charge in [0.1, 0.15) is 13.2 Å². The Bertz CT molecular complexity index is 1050. The van der Waals surface area contributed by atoms with Crippen molar-refractivity contribution < 1.29 is 19.5 Å². The Hall–Kier alpha value is -4.60. The maximum atomic E-state index is 11.0. The predicted molar refractivity (Wildman–Crippen MR) is 117 cm³/mol. The highest BCUT2D eigenvalue weighted by Gasteiger charge is 2.10. The monoisotopic (exact) mass is 434 g/mol. The summed E-state index contributed by atoms with van der Waals surface area (Å²) in [5, 5.41) is 29.5. The van der Waals surface area contributed by atoms with E-state index >= 15 is 0 Å². The van der Waals surface area contributed by atoms with Gasteiger partial charge in [0, 0.05) is 12.1 Å². The van der Waals surface area contributed by atoms with E-state index in [0.29, 0.717) is 11.1 Å². The lowest BCUT2D eigenvalue weighted by atomic mass is 10.1. The van der Waals surface area contributed by atoms with Gasteiger partial charge in [-0.1, -0.05) is 58.8 Å². The normalized spacial score (nSPS) is 11.0. The van der Waals surface area contributed by atoms with Gasteiger partial charge in [0.05, 0.1) is 33.4 Å². The Morgan fingerprint density at radius 3 is 1.41 bits per heavy atom. The van der Waals surface area contributed by atoms with Gasteiger partial charge < -0.3 is 9.68 Å². The SMILES string of the molecule is O=[N+]([O-])c1ccccc1/C=N/OCc1ccc(CO/N=C/c2ccccc2[N+](=O)[O-])cc1. The second-order valence-electron chi connectivity index (χ2n) is 6.46. The minimum absolute atomic E-state index is 0.0475. The number of nitrogens with zero attached hydrogens (tertiary/aromatic N) is 4. The van der Waals surface area contributed by atoms with Gasteiger partial charge in [-0.15, -0.1) is 0 Å². The number of hydrogen-bond donors (Lipinski definition) is 0. The van der Waals surface area contributed by atoms with Crippen LogP contribution in [0.3, 0.4) is 0 Å². The van der Waals surface area contributed by atoms with Crippen LogP contribution in [0.15, 0.2) is 83.1 Å². The fourth-order valence-electron chi connectivity index (χ4n) is 2.67. The Kier molecular flexibility index (Phi) is 7.58. The lowest BCUT2D eigenvalue weighted by Crippen LogP contribution is -1.95. The average Bonchev–Trinajstić information content (AvgIpc) is 2.80. The summed E-state index contributed by atoms with van der Waals surface area (Å²) in [6.45, 7) is 0.377. The summed E-state index contributed by atoms with van der Waals surface area (Å²) in [6, 6.07) is 19.8. The first-order valence-corrected chi connectivity index (χ1v) is 9.40. The van der Waals surface area contributed by atoms with Crippen LogP contribution in [0.25, 0.3) is 0 Å². The molecule has 3 aromatic carbocycles. The van der Waals surface area contributed by atoms with E-state index in [0.717, 1.165) is 11.1 Å². The largest absolute Gasteiger partial charge is 0.391 e.